The van der Waals surface area contributed by atoms with Gasteiger partial charge < -0.3 is 15.8 Å². The van der Waals surface area contributed by atoms with Crippen LogP contribution in [-0.2, 0) is 0 Å². The first-order chi connectivity index (χ1) is 9.17. The molecule has 1 atom stereocenters. The van der Waals surface area contributed by atoms with Crippen molar-refractivity contribution in [1.82, 2.24) is 19.6 Å². The van der Waals surface area contributed by atoms with E-state index >= 15 is 0 Å². The molecular formula is C11H17N7O. The van der Waals surface area contributed by atoms with Crippen molar-refractivity contribution in [2.75, 3.05) is 18.0 Å². The molecule has 102 valence electrons. The van der Waals surface area contributed by atoms with Crippen LogP contribution in [0.4, 0.5) is 5.82 Å². The normalized spacial score (nSPS) is 13.7. The first kappa shape index (κ1) is 13.1. The van der Waals surface area contributed by atoms with Crippen LogP contribution >= 0.6 is 0 Å². The molecule has 0 aromatic carbocycles. The Morgan fingerprint density at radius 3 is 3.11 bits per heavy atom. The number of anilines is 1. The van der Waals surface area contributed by atoms with Gasteiger partial charge in [0.05, 0.1) is 0 Å². The fourth-order valence-electron chi connectivity index (χ4n) is 1.86. The van der Waals surface area contributed by atoms with E-state index in [0.29, 0.717) is 12.2 Å². The highest BCUT2D eigenvalue weighted by Gasteiger charge is 2.17. The SMILES string of the molecule is CCN(CC(C)C(N)=NO)c1nccn2cnnc12. The zero-order chi connectivity index (χ0) is 13.8. The third kappa shape index (κ3) is 2.56. The van der Waals surface area contributed by atoms with E-state index in [0.717, 1.165) is 12.4 Å². The molecule has 2 rings (SSSR count). The Morgan fingerprint density at radius 2 is 2.42 bits per heavy atom. The van der Waals surface area contributed by atoms with Gasteiger partial charge in [0.15, 0.2) is 5.82 Å². The van der Waals surface area contributed by atoms with Gasteiger partial charge in [0, 0.05) is 31.4 Å². The van der Waals surface area contributed by atoms with E-state index in [2.05, 4.69) is 20.3 Å². The molecule has 0 saturated carbocycles. The Morgan fingerprint density at radius 1 is 1.63 bits per heavy atom. The van der Waals surface area contributed by atoms with Crippen LogP contribution in [-0.4, -0.2) is 43.7 Å². The third-order valence-corrected chi connectivity index (χ3v) is 2.99. The molecule has 8 nitrogen and oxygen atoms in total. The number of nitrogens with zero attached hydrogens (tertiary/aromatic N) is 6. The van der Waals surface area contributed by atoms with Crippen molar-refractivity contribution in [2.45, 2.75) is 13.8 Å². The Hall–Kier alpha value is -2.38. The van der Waals surface area contributed by atoms with Gasteiger partial charge in [-0.25, -0.2) is 4.98 Å². The highest BCUT2D eigenvalue weighted by molar-refractivity contribution is 5.82. The number of fused-ring (bicyclic) bond motifs is 1. The van der Waals surface area contributed by atoms with Gasteiger partial charge in [-0.05, 0) is 6.92 Å². The molecule has 0 aliphatic carbocycles. The van der Waals surface area contributed by atoms with Crippen molar-refractivity contribution in [3.8, 4) is 0 Å². The molecule has 0 aliphatic rings. The van der Waals surface area contributed by atoms with E-state index in [1.807, 2.05) is 18.7 Å². The number of nitrogens with two attached hydrogens (primary N) is 1. The van der Waals surface area contributed by atoms with Crippen LogP contribution in [0.3, 0.4) is 0 Å². The summed E-state index contributed by atoms with van der Waals surface area (Å²) in [5.41, 5.74) is 6.30. The van der Waals surface area contributed by atoms with Gasteiger partial charge in [0.1, 0.15) is 12.2 Å². The maximum absolute atomic E-state index is 8.70. The van der Waals surface area contributed by atoms with Crippen LogP contribution in [0, 0.1) is 5.92 Å². The summed E-state index contributed by atoms with van der Waals surface area (Å²) in [5, 5.41) is 19.7. The van der Waals surface area contributed by atoms with Gasteiger partial charge in [0.25, 0.3) is 0 Å². The van der Waals surface area contributed by atoms with Crippen LogP contribution < -0.4 is 10.6 Å². The summed E-state index contributed by atoms with van der Waals surface area (Å²) in [6, 6.07) is 0. The minimum absolute atomic E-state index is 0.0880. The van der Waals surface area contributed by atoms with Crippen LogP contribution in [0.2, 0.25) is 0 Å². The Labute approximate surface area is 110 Å². The monoisotopic (exact) mass is 263 g/mol. The highest BCUT2D eigenvalue weighted by Crippen LogP contribution is 2.17. The molecule has 2 aromatic heterocycles. The standard InChI is InChI=1S/C11H17N7O/c1-3-17(6-8(2)9(12)16-19)10-11-15-14-7-18(11)5-4-13-10/h4-5,7-8,19H,3,6H2,1-2H3,(H2,12,16). The lowest BCUT2D eigenvalue weighted by atomic mass is 10.1. The van der Waals surface area contributed by atoms with Gasteiger partial charge >= 0.3 is 0 Å². The number of hydrogen-bond acceptors (Lipinski definition) is 6. The van der Waals surface area contributed by atoms with Crippen molar-refractivity contribution in [2.24, 2.45) is 16.8 Å². The maximum Gasteiger partial charge on any atom is 0.203 e. The van der Waals surface area contributed by atoms with Gasteiger partial charge in [-0.3, -0.25) is 4.40 Å². The average Bonchev–Trinajstić information content (AvgIpc) is 2.91. The van der Waals surface area contributed by atoms with Crippen molar-refractivity contribution in [1.29, 1.82) is 0 Å². The molecule has 8 heteroatoms. The second-order valence-corrected chi connectivity index (χ2v) is 4.28. The van der Waals surface area contributed by atoms with Crippen LogP contribution in [0.5, 0.6) is 0 Å². The summed E-state index contributed by atoms with van der Waals surface area (Å²) in [6.07, 6.45) is 5.11. The molecule has 0 bridgehead atoms. The molecule has 2 aromatic rings. The molecule has 19 heavy (non-hydrogen) atoms. The number of hydrogen-bond donors (Lipinski definition) is 2. The molecular weight excluding hydrogens is 246 g/mol. The minimum Gasteiger partial charge on any atom is -0.409 e. The second-order valence-electron chi connectivity index (χ2n) is 4.28. The maximum atomic E-state index is 8.70. The topological polar surface area (TPSA) is 105 Å². The van der Waals surface area contributed by atoms with E-state index in [9.17, 15) is 0 Å². The molecule has 0 spiro atoms. The molecule has 1 unspecified atom stereocenters. The summed E-state index contributed by atoms with van der Waals surface area (Å²) >= 11 is 0. The van der Waals surface area contributed by atoms with Crippen molar-refractivity contribution >= 4 is 17.3 Å². The fraction of sp³-hybridized carbons (Fsp3) is 0.455. The number of aromatic nitrogens is 4. The lowest BCUT2D eigenvalue weighted by Crippen LogP contribution is -2.35. The lowest BCUT2D eigenvalue weighted by Gasteiger charge is -2.24. The zero-order valence-corrected chi connectivity index (χ0v) is 10.9. The molecule has 0 radical (unpaired) electrons. The molecule has 2 heterocycles. The van der Waals surface area contributed by atoms with Crippen LogP contribution in [0.25, 0.3) is 5.65 Å². The largest absolute Gasteiger partial charge is 0.409 e. The predicted molar refractivity (Wildman–Crippen MR) is 71.2 cm³/mol. The first-order valence-electron chi connectivity index (χ1n) is 6.04. The predicted octanol–water partition coefficient (Wildman–Crippen LogP) is 0.333. The summed E-state index contributed by atoms with van der Waals surface area (Å²) in [7, 11) is 0. The van der Waals surface area contributed by atoms with Crippen LogP contribution in [0.1, 0.15) is 13.8 Å². The average molecular weight is 263 g/mol. The summed E-state index contributed by atoms with van der Waals surface area (Å²) in [4.78, 5) is 6.37. The first-order valence-corrected chi connectivity index (χ1v) is 6.04. The van der Waals surface area contributed by atoms with Gasteiger partial charge in [-0.1, -0.05) is 12.1 Å². The molecule has 0 saturated heterocycles. The van der Waals surface area contributed by atoms with E-state index < -0.39 is 0 Å². The van der Waals surface area contributed by atoms with Crippen molar-refractivity contribution < 1.29 is 5.21 Å². The van der Waals surface area contributed by atoms with E-state index in [-0.39, 0.29) is 11.8 Å². The molecule has 0 aliphatic heterocycles. The van der Waals surface area contributed by atoms with Gasteiger partial charge in [0.2, 0.25) is 5.65 Å². The number of oxime groups is 1. The van der Waals surface area contributed by atoms with Gasteiger partial charge in [-0.15, -0.1) is 10.2 Å². The molecule has 0 amide bonds. The summed E-state index contributed by atoms with van der Waals surface area (Å²) < 4.78 is 1.80. The Balaban J connectivity index is 2.29. The third-order valence-electron chi connectivity index (χ3n) is 2.99. The van der Waals surface area contributed by atoms with E-state index in [4.69, 9.17) is 10.9 Å². The summed E-state index contributed by atoms with van der Waals surface area (Å²) in [6.45, 7) is 5.23. The fourth-order valence-corrected chi connectivity index (χ4v) is 1.86. The Kier molecular flexibility index (Phi) is 3.79. The molecule has 0 fully saturated rings. The van der Waals surface area contributed by atoms with Crippen molar-refractivity contribution in [3.05, 3.63) is 18.7 Å². The van der Waals surface area contributed by atoms with Crippen LogP contribution in [0.15, 0.2) is 23.9 Å². The zero-order valence-electron chi connectivity index (χ0n) is 10.9. The summed E-state index contributed by atoms with van der Waals surface area (Å²) in [5.74, 6) is 0.849. The quantitative estimate of drug-likeness (QED) is 0.348. The van der Waals surface area contributed by atoms with Crippen molar-refractivity contribution in [3.63, 3.8) is 0 Å². The van der Waals surface area contributed by atoms with E-state index in [1.165, 1.54) is 0 Å². The van der Waals surface area contributed by atoms with Gasteiger partial charge in [-0.2, -0.15) is 0 Å². The Bertz CT molecular complexity index is 579. The van der Waals surface area contributed by atoms with E-state index in [1.54, 1.807) is 23.1 Å². The highest BCUT2D eigenvalue weighted by atomic mass is 16.4. The molecule has 3 N–H and O–H groups in total. The minimum atomic E-state index is -0.0880. The number of amidine groups is 1. The second kappa shape index (κ2) is 5.51. The smallest absolute Gasteiger partial charge is 0.203 e. The number of rotatable bonds is 5. The lowest BCUT2D eigenvalue weighted by molar-refractivity contribution is 0.314.